The molecular weight excluding hydrogens is 1020 g/mol. The Kier molecular flexibility index (Phi) is 39.5. The molecule has 0 radical (unpaired) electrons. The molecule has 0 spiro atoms. The van der Waals surface area contributed by atoms with Crippen LogP contribution in [0.1, 0.15) is 133 Å². The molecule has 1 unspecified atom stereocenters. The fourth-order valence-corrected chi connectivity index (χ4v) is 8.40. The number of amides is 2. The van der Waals surface area contributed by atoms with Crippen LogP contribution in [0.4, 0.5) is 0 Å². The minimum atomic E-state index is -1.24. The Morgan fingerprint density at radius 2 is 1.03 bits per heavy atom. The average Bonchev–Trinajstić information content (AvgIpc) is 3.38. The zero-order chi connectivity index (χ0) is 56.4. The molecule has 0 aliphatic heterocycles. The topological polar surface area (TPSA) is 342 Å². The molecule has 0 aliphatic carbocycles. The van der Waals surface area contributed by atoms with Gasteiger partial charge >= 0.3 is 23.9 Å². The number of Topliss-reactive ketones (excluding diaryl/α,β-unsaturated/α-hetero) is 4. The number of nitrogens with one attached hydrogen (secondary N) is 2. The second kappa shape index (κ2) is 43.7. The first-order chi connectivity index (χ1) is 36.4. The molecule has 0 saturated heterocycles. The number of aliphatic carboxylic acids is 3. The standard InChI is InChI=1S/C53H82N2O20S/c1-38(47(60)32-42(33-56)53(69)70)36-76-37-44(58)14-10-7-8-12-40(51(65)66)31-45(59)34-73-28-26-72-25-22-55-49(62)35-74-29-27-71-24-21-54-48(61)20-17-41(52(67)68)30-43(57)13-9-5-3-2-4-6-11-23-75-46-18-15-39(16-19-46)50(63)64/h15-16,18-19,38,40-42,56H,2-14,17,20-37H2,1H3,(H,54,61)(H,55,62)(H,63,64)(H,65,66)(H,67,68)(H,69,70)/t38-,40?,41-,42-/m0/s1. The number of ketones is 4. The van der Waals surface area contributed by atoms with Crippen molar-refractivity contribution in [3.05, 3.63) is 29.8 Å². The van der Waals surface area contributed by atoms with Gasteiger partial charge in [0.15, 0.2) is 5.78 Å². The van der Waals surface area contributed by atoms with Gasteiger partial charge in [-0.25, -0.2) is 4.79 Å². The molecule has 1 rings (SSSR count). The van der Waals surface area contributed by atoms with Crippen LogP contribution in [0.15, 0.2) is 24.3 Å². The molecule has 0 saturated carbocycles. The number of hydrogen-bond donors (Lipinski definition) is 7. The maximum absolute atomic E-state index is 12.5. The number of ether oxygens (including phenoxy) is 5. The van der Waals surface area contributed by atoms with E-state index < -0.39 is 54.2 Å². The Morgan fingerprint density at radius 3 is 1.62 bits per heavy atom. The SMILES string of the molecule is C[C@@H](CSCC(=O)CCCCCC(CC(=O)COCCOCCNC(=O)COCCOCCNC(=O)CC[C@@H](CC(=O)CCCCCCCCCOc1ccc(C(=O)O)cc1)C(=O)O)C(=O)O)C(=O)C[C@@H](CO)C(=O)O. The van der Waals surface area contributed by atoms with E-state index in [9.17, 15) is 58.2 Å². The van der Waals surface area contributed by atoms with E-state index in [1.165, 1.54) is 23.9 Å². The largest absolute Gasteiger partial charge is 0.494 e. The lowest BCUT2D eigenvalue weighted by molar-refractivity contribution is -0.145. The van der Waals surface area contributed by atoms with Crippen LogP contribution in [0.2, 0.25) is 0 Å². The molecule has 0 bridgehead atoms. The highest BCUT2D eigenvalue weighted by molar-refractivity contribution is 7.99. The molecule has 7 N–H and O–H groups in total. The maximum Gasteiger partial charge on any atom is 0.335 e. The fourth-order valence-electron chi connectivity index (χ4n) is 7.37. The molecule has 76 heavy (non-hydrogen) atoms. The number of aliphatic hydroxyl groups excluding tert-OH is 1. The fraction of sp³-hybridized carbons (Fsp3) is 0.698. The van der Waals surface area contributed by atoms with Crippen LogP contribution < -0.4 is 15.4 Å². The second-order valence-electron chi connectivity index (χ2n) is 18.5. The minimum absolute atomic E-state index is 0.0181. The van der Waals surface area contributed by atoms with Crippen LogP contribution in [-0.4, -0.2) is 175 Å². The number of thioether (sulfide) groups is 1. The van der Waals surface area contributed by atoms with Crippen molar-refractivity contribution in [1.29, 1.82) is 0 Å². The minimum Gasteiger partial charge on any atom is -0.494 e. The summed E-state index contributed by atoms with van der Waals surface area (Å²) in [6.07, 6.45) is 8.31. The molecule has 1 aromatic rings. The van der Waals surface area contributed by atoms with Crippen LogP contribution >= 0.6 is 11.8 Å². The van der Waals surface area contributed by atoms with E-state index in [1.807, 2.05) is 0 Å². The average molecular weight is 1100 g/mol. The second-order valence-corrected chi connectivity index (χ2v) is 19.5. The molecule has 0 aromatic heterocycles. The molecule has 2 amide bonds. The van der Waals surface area contributed by atoms with Crippen molar-refractivity contribution in [2.75, 3.05) is 90.7 Å². The normalized spacial score (nSPS) is 12.7. The van der Waals surface area contributed by atoms with Crippen molar-refractivity contribution in [2.24, 2.45) is 23.7 Å². The van der Waals surface area contributed by atoms with Crippen molar-refractivity contribution in [3.8, 4) is 5.75 Å². The van der Waals surface area contributed by atoms with Gasteiger partial charge in [-0.3, -0.25) is 43.2 Å². The number of rotatable bonds is 52. The van der Waals surface area contributed by atoms with Crippen molar-refractivity contribution in [2.45, 2.75) is 122 Å². The lowest BCUT2D eigenvalue weighted by Gasteiger charge is -2.13. The highest BCUT2D eigenvalue weighted by Gasteiger charge is 2.25. The number of carbonyl (C=O) groups is 10. The van der Waals surface area contributed by atoms with Crippen molar-refractivity contribution < 1.29 is 97.2 Å². The number of aromatic carboxylic acids is 1. The summed E-state index contributed by atoms with van der Waals surface area (Å²) < 4.78 is 27.0. The monoisotopic (exact) mass is 1100 g/mol. The van der Waals surface area contributed by atoms with E-state index in [1.54, 1.807) is 19.1 Å². The van der Waals surface area contributed by atoms with Gasteiger partial charge in [-0.05, 0) is 56.4 Å². The first-order valence-corrected chi connectivity index (χ1v) is 27.3. The predicted molar refractivity (Wildman–Crippen MR) is 278 cm³/mol. The summed E-state index contributed by atoms with van der Waals surface area (Å²) in [5.74, 6) is -8.23. The van der Waals surface area contributed by atoms with Gasteiger partial charge in [0.25, 0.3) is 0 Å². The van der Waals surface area contributed by atoms with Crippen LogP contribution in [0.25, 0.3) is 0 Å². The van der Waals surface area contributed by atoms with Crippen molar-refractivity contribution in [3.63, 3.8) is 0 Å². The van der Waals surface area contributed by atoms with Crippen LogP contribution in [-0.2, 0) is 62.1 Å². The molecule has 430 valence electrons. The summed E-state index contributed by atoms with van der Waals surface area (Å²) in [4.78, 5) is 119. The molecule has 22 nitrogen and oxygen atoms in total. The van der Waals surface area contributed by atoms with Gasteiger partial charge in [0, 0.05) is 63.3 Å². The van der Waals surface area contributed by atoms with Crippen LogP contribution in [0.3, 0.4) is 0 Å². The van der Waals surface area contributed by atoms with Gasteiger partial charge in [-0.15, -0.1) is 0 Å². The van der Waals surface area contributed by atoms with Gasteiger partial charge in [0.05, 0.1) is 81.9 Å². The third kappa shape index (κ3) is 36.6. The highest BCUT2D eigenvalue weighted by Crippen LogP contribution is 2.20. The Labute approximate surface area is 449 Å². The number of carboxylic acid groups (broad SMARTS) is 4. The van der Waals surface area contributed by atoms with Crippen LogP contribution in [0.5, 0.6) is 5.75 Å². The lowest BCUT2D eigenvalue weighted by atomic mass is 9.94. The summed E-state index contributed by atoms with van der Waals surface area (Å²) >= 11 is 1.28. The van der Waals surface area contributed by atoms with E-state index in [0.717, 1.165) is 38.5 Å². The van der Waals surface area contributed by atoms with Gasteiger partial charge in [-0.2, -0.15) is 11.8 Å². The Morgan fingerprint density at radius 1 is 0.513 bits per heavy atom. The Balaban J connectivity index is 2.00. The number of carboxylic acids is 4. The van der Waals surface area contributed by atoms with Crippen molar-refractivity contribution >= 4 is 70.6 Å². The number of benzene rings is 1. The molecule has 0 aliphatic rings. The number of unbranched alkanes of at least 4 members (excludes halogenated alkanes) is 8. The molecule has 23 heteroatoms. The molecule has 4 atom stereocenters. The zero-order valence-corrected chi connectivity index (χ0v) is 44.8. The number of aliphatic hydroxyl groups is 1. The van der Waals surface area contributed by atoms with Gasteiger partial charge in [-0.1, -0.05) is 51.9 Å². The molecule has 1 aromatic carbocycles. The third-order valence-corrected chi connectivity index (χ3v) is 13.2. The zero-order valence-electron chi connectivity index (χ0n) is 44.0. The van der Waals surface area contributed by atoms with Gasteiger partial charge in [0.2, 0.25) is 11.8 Å². The molecular formula is C53H82N2O20S. The first-order valence-electron chi connectivity index (χ1n) is 26.2. The summed E-state index contributed by atoms with van der Waals surface area (Å²) in [5, 5.41) is 51.5. The lowest BCUT2D eigenvalue weighted by Crippen LogP contribution is -2.31. The van der Waals surface area contributed by atoms with E-state index >= 15 is 0 Å². The van der Waals surface area contributed by atoms with E-state index in [2.05, 4.69) is 10.6 Å². The summed E-state index contributed by atoms with van der Waals surface area (Å²) in [6.45, 7) is 2.28. The maximum atomic E-state index is 12.5. The highest BCUT2D eigenvalue weighted by atomic mass is 32.2. The summed E-state index contributed by atoms with van der Waals surface area (Å²) in [5.41, 5.74) is 0.208. The van der Waals surface area contributed by atoms with Crippen molar-refractivity contribution in [1.82, 2.24) is 10.6 Å². The Hall–Kier alpha value is -5.33. The first kappa shape index (κ1) is 68.7. The van der Waals surface area contributed by atoms with Gasteiger partial charge in [0.1, 0.15) is 36.3 Å². The number of hydrogen-bond acceptors (Lipinski definition) is 17. The molecule has 0 heterocycles. The third-order valence-electron chi connectivity index (χ3n) is 11.9. The smallest absolute Gasteiger partial charge is 0.335 e. The number of carbonyl (C=O) groups excluding carboxylic acids is 6. The van der Waals surface area contributed by atoms with Crippen LogP contribution in [0, 0.1) is 23.7 Å². The van der Waals surface area contributed by atoms with E-state index in [-0.39, 0.29) is 151 Å². The predicted octanol–water partition coefficient (Wildman–Crippen LogP) is 4.82. The van der Waals surface area contributed by atoms with E-state index in [4.69, 9.17) is 39.0 Å². The molecule has 0 fully saturated rings. The van der Waals surface area contributed by atoms with E-state index in [0.29, 0.717) is 56.6 Å². The summed E-state index contributed by atoms with van der Waals surface area (Å²) in [7, 11) is 0. The summed E-state index contributed by atoms with van der Waals surface area (Å²) in [6, 6.07) is 6.28. The quantitative estimate of drug-likeness (QED) is 0.0430. The van der Waals surface area contributed by atoms with Gasteiger partial charge < -0.3 is 59.9 Å². The Bertz CT molecular complexity index is 1900.